The molecule has 21 heavy (non-hydrogen) atoms. The second-order valence-electron chi connectivity index (χ2n) is 5.98. The molecule has 3 heterocycles. The molecule has 0 spiro atoms. The summed E-state index contributed by atoms with van der Waals surface area (Å²) in [4.78, 5) is 18.0. The average Bonchev–Trinajstić information content (AvgIpc) is 2.97. The molecular weight excluding hydrogens is 286 g/mol. The fourth-order valence-corrected chi connectivity index (χ4v) is 4.07. The van der Waals surface area contributed by atoms with E-state index in [0.29, 0.717) is 12.5 Å². The zero-order valence-electron chi connectivity index (χ0n) is 12.4. The number of anilines is 1. The zero-order chi connectivity index (χ0) is 14.7. The molecule has 2 aliphatic heterocycles. The Balaban J connectivity index is 1.57. The number of piperidine rings is 1. The van der Waals surface area contributed by atoms with Gasteiger partial charge in [-0.2, -0.15) is 0 Å². The Labute approximate surface area is 129 Å². The van der Waals surface area contributed by atoms with Crippen molar-refractivity contribution in [1.82, 2.24) is 10.3 Å². The van der Waals surface area contributed by atoms with E-state index in [-0.39, 0.29) is 17.9 Å². The van der Waals surface area contributed by atoms with Gasteiger partial charge in [0.1, 0.15) is 0 Å². The lowest BCUT2D eigenvalue weighted by molar-refractivity contribution is -0.124. The molecule has 2 fully saturated rings. The minimum Gasteiger partial charge on any atom is -0.378 e. The number of carbonyl (C=O) groups excluding carboxylic acids is 1. The molecule has 5 nitrogen and oxygen atoms in total. The van der Waals surface area contributed by atoms with Gasteiger partial charge in [0.05, 0.1) is 6.10 Å². The molecule has 0 bridgehead atoms. The standard InChI is InChI=1S/C15H23N3O2S/c1-10-8-12(4-7-20-10)14(19)18-15-17-9-13(21-15)11-2-5-16-6-3-11/h9-12,16H,2-8H2,1H3,(H,17,18,19). The molecule has 6 heteroatoms. The molecule has 2 N–H and O–H groups in total. The van der Waals surface area contributed by atoms with E-state index < -0.39 is 0 Å². The number of aromatic nitrogens is 1. The highest BCUT2D eigenvalue weighted by molar-refractivity contribution is 7.15. The van der Waals surface area contributed by atoms with Crippen molar-refractivity contribution in [1.29, 1.82) is 0 Å². The molecule has 0 saturated carbocycles. The number of nitrogens with zero attached hydrogens (tertiary/aromatic N) is 1. The highest BCUT2D eigenvalue weighted by Gasteiger charge is 2.26. The van der Waals surface area contributed by atoms with Crippen LogP contribution in [0.25, 0.3) is 0 Å². The Kier molecular flexibility index (Phi) is 4.87. The maximum Gasteiger partial charge on any atom is 0.229 e. The van der Waals surface area contributed by atoms with Gasteiger partial charge >= 0.3 is 0 Å². The third-order valence-electron chi connectivity index (χ3n) is 4.35. The van der Waals surface area contributed by atoms with Crippen LogP contribution in [0.1, 0.15) is 43.4 Å². The SMILES string of the molecule is CC1CC(C(=O)Nc2ncc(C3CCNCC3)s2)CCO1. The molecule has 2 aliphatic rings. The van der Waals surface area contributed by atoms with Crippen molar-refractivity contribution in [2.75, 3.05) is 25.0 Å². The van der Waals surface area contributed by atoms with Crippen LogP contribution in [0.2, 0.25) is 0 Å². The van der Waals surface area contributed by atoms with E-state index >= 15 is 0 Å². The number of nitrogens with one attached hydrogen (secondary N) is 2. The number of ether oxygens (including phenoxy) is 1. The van der Waals surface area contributed by atoms with Gasteiger partial charge in [-0.25, -0.2) is 4.98 Å². The molecule has 1 amide bonds. The maximum atomic E-state index is 12.3. The molecule has 2 atom stereocenters. The zero-order valence-corrected chi connectivity index (χ0v) is 13.2. The van der Waals surface area contributed by atoms with E-state index in [9.17, 15) is 4.79 Å². The molecule has 1 aromatic rings. The summed E-state index contributed by atoms with van der Waals surface area (Å²) in [6.45, 7) is 4.85. The van der Waals surface area contributed by atoms with Crippen molar-refractivity contribution in [3.05, 3.63) is 11.1 Å². The van der Waals surface area contributed by atoms with E-state index in [1.54, 1.807) is 11.3 Å². The number of thiazole rings is 1. The van der Waals surface area contributed by atoms with E-state index in [0.717, 1.165) is 43.9 Å². The topological polar surface area (TPSA) is 63.2 Å². The maximum absolute atomic E-state index is 12.3. The molecule has 1 aromatic heterocycles. The minimum absolute atomic E-state index is 0.0555. The third-order valence-corrected chi connectivity index (χ3v) is 5.43. The van der Waals surface area contributed by atoms with Crippen LogP contribution in [0.5, 0.6) is 0 Å². The quantitative estimate of drug-likeness (QED) is 0.900. The van der Waals surface area contributed by atoms with Crippen LogP contribution in [0.15, 0.2) is 6.20 Å². The molecule has 0 aromatic carbocycles. The first-order valence-electron chi connectivity index (χ1n) is 7.81. The Hall–Kier alpha value is -0.980. The Morgan fingerprint density at radius 2 is 2.24 bits per heavy atom. The molecular formula is C15H23N3O2S. The van der Waals surface area contributed by atoms with Gasteiger partial charge < -0.3 is 15.4 Å². The molecule has 3 rings (SSSR count). The summed E-state index contributed by atoms with van der Waals surface area (Å²) in [5, 5.41) is 7.11. The predicted octanol–water partition coefficient (Wildman–Crippen LogP) is 2.36. The largest absolute Gasteiger partial charge is 0.378 e. The van der Waals surface area contributed by atoms with Crippen LogP contribution in [-0.2, 0) is 9.53 Å². The summed E-state index contributed by atoms with van der Waals surface area (Å²) in [6.07, 6.45) is 6.04. The van der Waals surface area contributed by atoms with Crippen molar-refractivity contribution in [2.24, 2.45) is 5.92 Å². The fourth-order valence-electron chi connectivity index (χ4n) is 3.08. The first-order chi connectivity index (χ1) is 10.2. The first kappa shape index (κ1) is 14.9. The van der Waals surface area contributed by atoms with E-state index in [1.165, 1.54) is 4.88 Å². The molecule has 0 aliphatic carbocycles. The Bertz CT molecular complexity index is 485. The van der Waals surface area contributed by atoms with Crippen LogP contribution >= 0.6 is 11.3 Å². The molecule has 2 saturated heterocycles. The van der Waals surface area contributed by atoms with Gasteiger partial charge in [0.25, 0.3) is 0 Å². The summed E-state index contributed by atoms with van der Waals surface area (Å²) in [7, 11) is 0. The van der Waals surface area contributed by atoms with Gasteiger partial charge in [-0.3, -0.25) is 4.79 Å². The predicted molar refractivity (Wildman–Crippen MR) is 83.7 cm³/mol. The van der Waals surface area contributed by atoms with Crippen LogP contribution in [0, 0.1) is 5.92 Å². The van der Waals surface area contributed by atoms with E-state index in [1.807, 2.05) is 13.1 Å². The average molecular weight is 309 g/mol. The number of hydrogen-bond donors (Lipinski definition) is 2. The number of carbonyl (C=O) groups is 1. The van der Waals surface area contributed by atoms with Gasteiger partial charge in [0, 0.05) is 23.6 Å². The van der Waals surface area contributed by atoms with Gasteiger partial charge in [-0.15, -0.1) is 11.3 Å². The van der Waals surface area contributed by atoms with E-state index in [4.69, 9.17) is 4.74 Å². The lowest BCUT2D eigenvalue weighted by Crippen LogP contribution is -2.32. The summed E-state index contributed by atoms with van der Waals surface area (Å²) < 4.78 is 5.49. The van der Waals surface area contributed by atoms with Gasteiger partial charge in [0.2, 0.25) is 5.91 Å². The highest BCUT2D eigenvalue weighted by Crippen LogP contribution is 2.32. The number of rotatable bonds is 3. The van der Waals surface area contributed by atoms with Gasteiger partial charge in [0.15, 0.2) is 5.13 Å². The second-order valence-corrected chi connectivity index (χ2v) is 7.05. The third kappa shape index (κ3) is 3.81. The van der Waals surface area contributed by atoms with Crippen molar-refractivity contribution in [2.45, 2.75) is 44.6 Å². The first-order valence-corrected chi connectivity index (χ1v) is 8.63. The molecule has 2 unspecified atom stereocenters. The van der Waals surface area contributed by atoms with Crippen LogP contribution < -0.4 is 10.6 Å². The lowest BCUT2D eigenvalue weighted by atomic mass is 9.95. The van der Waals surface area contributed by atoms with Crippen molar-refractivity contribution in [3.63, 3.8) is 0 Å². The van der Waals surface area contributed by atoms with Gasteiger partial charge in [-0.05, 0) is 51.6 Å². The summed E-state index contributed by atoms with van der Waals surface area (Å²) in [5.74, 6) is 0.744. The molecule has 0 radical (unpaired) electrons. The van der Waals surface area contributed by atoms with Gasteiger partial charge in [-0.1, -0.05) is 0 Å². The number of amides is 1. The smallest absolute Gasteiger partial charge is 0.229 e. The second kappa shape index (κ2) is 6.85. The van der Waals surface area contributed by atoms with Crippen molar-refractivity contribution >= 4 is 22.4 Å². The van der Waals surface area contributed by atoms with Crippen LogP contribution in [0.3, 0.4) is 0 Å². The van der Waals surface area contributed by atoms with E-state index in [2.05, 4.69) is 15.6 Å². The fraction of sp³-hybridized carbons (Fsp3) is 0.733. The summed E-state index contributed by atoms with van der Waals surface area (Å²) in [5.41, 5.74) is 0. The van der Waals surface area contributed by atoms with Crippen LogP contribution in [0.4, 0.5) is 5.13 Å². The normalized spacial score (nSPS) is 27.5. The van der Waals surface area contributed by atoms with Crippen molar-refractivity contribution < 1.29 is 9.53 Å². The molecule has 116 valence electrons. The summed E-state index contributed by atoms with van der Waals surface area (Å²) in [6, 6.07) is 0. The lowest BCUT2D eigenvalue weighted by Gasteiger charge is -2.25. The monoisotopic (exact) mass is 309 g/mol. The van der Waals surface area contributed by atoms with Crippen molar-refractivity contribution in [3.8, 4) is 0 Å². The van der Waals surface area contributed by atoms with Crippen LogP contribution in [-0.4, -0.2) is 36.7 Å². The highest BCUT2D eigenvalue weighted by atomic mass is 32.1. The Morgan fingerprint density at radius 1 is 1.43 bits per heavy atom. The minimum atomic E-state index is 0.0555. The Morgan fingerprint density at radius 3 is 3.00 bits per heavy atom. The number of hydrogen-bond acceptors (Lipinski definition) is 5. The summed E-state index contributed by atoms with van der Waals surface area (Å²) >= 11 is 1.63.